The summed E-state index contributed by atoms with van der Waals surface area (Å²) in [5.74, 6) is 1.41. The van der Waals surface area contributed by atoms with Crippen LogP contribution < -0.4 is 15.4 Å². The van der Waals surface area contributed by atoms with Crippen molar-refractivity contribution in [1.29, 1.82) is 0 Å². The lowest BCUT2D eigenvalue weighted by Gasteiger charge is -2.46. The second kappa shape index (κ2) is 7.64. The highest BCUT2D eigenvalue weighted by molar-refractivity contribution is 9.10. The van der Waals surface area contributed by atoms with Crippen LogP contribution in [-0.4, -0.2) is 23.0 Å². The quantitative estimate of drug-likeness (QED) is 0.693. The van der Waals surface area contributed by atoms with E-state index in [1.165, 1.54) is 0 Å². The Labute approximate surface area is 169 Å². The summed E-state index contributed by atoms with van der Waals surface area (Å²) in [5.41, 5.74) is 0.647. The van der Waals surface area contributed by atoms with Crippen LogP contribution in [0.5, 0.6) is 11.5 Å². The summed E-state index contributed by atoms with van der Waals surface area (Å²) in [6.07, 6.45) is 1.82. The molecular weight excluding hydrogens is 404 g/mol. The molecule has 144 valence electrons. The van der Waals surface area contributed by atoms with Gasteiger partial charge in [-0.1, -0.05) is 22.0 Å². The third-order valence-electron chi connectivity index (χ3n) is 4.67. The molecule has 0 radical (unpaired) electrons. The van der Waals surface area contributed by atoms with Crippen molar-refractivity contribution in [3.05, 3.63) is 58.6 Å². The number of amides is 1. The maximum absolute atomic E-state index is 12.7. The molecule has 2 aromatic carbocycles. The second-order valence-electron chi connectivity index (χ2n) is 8.56. The number of benzene rings is 2. The van der Waals surface area contributed by atoms with Crippen LogP contribution >= 0.6 is 15.9 Å². The van der Waals surface area contributed by atoms with E-state index in [-0.39, 0.29) is 23.0 Å². The summed E-state index contributed by atoms with van der Waals surface area (Å²) in [4.78, 5) is 12.7. The van der Waals surface area contributed by atoms with E-state index in [1.807, 2.05) is 36.4 Å². The number of piperidine rings is 1. The first kappa shape index (κ1) is 19.9. The minimum atomic E-state index is -0.0393. The van der Waals surface area contributed by atoms with E-state index in [4.69, 9.17) is 4.74 Å². The highest BCUT2D eigenvalue weighted by Gasteiger charge is 2.38. The fourth-order valence-corrected chi connectivity index (χ4v) is 4.41. The molecule has 1 amide bonds. The largest absolute Gasteiger partial charge is 0.457 e. The third kappa shape index (κ3) is 5.56. The smallest absolute Gasteiger partial charge is 0.251 e. The van der Waals surface area contributed by atoms with E-state index in [1.54, 1.807) is 12.1 Å². The van der Waals surface area contributed by atoms with E-state index in [2.05, 4.69) is 54.3 Å². The van der Waals surface area contributed by atoms with Gasteiger partial charge in [0.1, 0.15) is 11.5 Å². The number of nitrogens with one attached hydrogen (secondary N) is 2. The molecule has 1 heterocycles. The molecule has 2 aromatic rings. The average molecular weight is 431 g/mol. The zero-order valence-corrected chi connectivity index (χ0v) is 17.9. The molecule has 1 aliphatic rings. The molecule has 0 saturated carbocycles. The Morgan fingerprint density at radius 2 is 1.67 bits per heavy atom. The maximum Gasteiger partial charge on any atom is 0.251 e. The predicted octanol–water partition coefficient (Wildman–Crippen LogP) is 5.28. The molecule has 27 heavy (non-hydrogen) atoms. The first-order valence-corrected chi connectivity index (χ1v) is 10.0. The summed E-state index contributed by atoms with van der Waals surface area (Å²) >= 11 is 3.43. The summed E-state index contributed by atoms with van der Waals surface area (Å²) in [7, 11) is 0. The molecule has 0 atom stereocenters. The van der Waals surface area contributed by atoms with Gasteiger partial charge >= 0.3 is 0 Å². The summed E-state index contributed by atoms with van der Waals surface area (Å²) in [6, 6.07) is 15.1. The van der Waals surface area contributed by atoms with Crippen molar-refractivity contribution >= 4 is 21.8 Å². The van der Waals surface area contributed by atoms with Crippen LogP contribution in [0.3, 0.4) is 0 Å². The molecule has 0 aromatic heterocycles. The standard InChI is InChI=1S/C22H27BrN2O2/c1-21(2)13-17(14-22(3,4)25-21)24-20(26)15-8-10-18(11-9-15)27-19-7-5-6-16(23)12-19/h5-12,17,25H,13-14H2,1-4H3,(H,24,26). The fraction of sp³-hybridized carbons (Fsp3) is 0.409. The van der Waals surface area contributed by atoms with Crippen LogP contribution in [0.1, 0.15) is 50.9 Å². The zero-order valence-electron chi connectivity index (χ0n) is 16.3. The Hall–Kier alpha value is -1.85. The van der Waals surface area contributed by atoms with Gasteiger partial charge in [-0.05, 0) is 83.0 Å². The Morgan fingerprint density at radius 1 is 1.04 bits per heavy atom. The van der Waals surface area contributed by atoms with E-state index in [0.717, 1.165) is 23.1 Å². The predicted molar refractivity (Wildman–Crippen MR) is 112 cm³/mol. The number of carbonyl (C=O) groups is 1. The van der Waals surface area contributed by atoms with Gasteiger partial charge in [0.05, 0.1) is 0 Å². The molecule has 4 nitrogen and oxygen atoms in total. The Balaban J connectivity index is 1.64. The van der Waals surface area contributed by atoms with Crippen molar-refractivity contribution in [3.8, 4) is 11.5 Å². The minimum Gasteiger partial charge on any atom is -0.457 e. The molecule has 3 rings (SSSR count). The van der Waals surface area contributed by atoms with Gasteiger partial charge in [0.25, 0.3) is 5.91 Å². The van der Waals surface area contributed by atoms with Crippen molar-refractivity contribution in [3.63, 3.8) is 0 Å². The van der Waals surface area contributed by atoms with Crippen LogP contribution in [0.2, 0.25) is 0 Å². The van der Waals surface area contributed by atoms with Crippen LogP contribution in [-0.2, 0) is 0 Å². The highest BCUT2D eigenvalue weighted by Crippen LogP contribution is 2.29. The highest BCUT2D eigenvalue weighted by atomic mass is 79.9. The number of carbonyl (C=O) groups excluding carboxylic acids is 1. The van der Waals surface area contributed by atoms with Crippen LogP contribution in [0.4, 0.5) is 0 Å². The van der Waals surface area contributed by atoms with Crippen molar-refractivity contribution in [1.82, 2.24) is 10.6 Å². The molecule has 0 aliphatic carbocycles. The van der Waals surface area contributed by atoms with Crippen LogP contribution in [0.25, 0.3) is 0 Å². The topological polar surface area (TPSA) is 50.4 Å². The molecule has 1 saturated heterocycles. The molecule has 0 bridgehead atoms. The number of hydrogen-bond acceptors (Lipinski definition) is 3. The van der Waals surface area contributed by atoms with Crippen molar-refractivity contribution in [2.24, 2.45) is 0 Å². The number of ether oxygens (including phenoxy) is 1. The molecule has 1 fully saturated rings. The fourth-order valence-electron chi connectivity index (χ4n) is 4.03. The Kier molecular flexibility index (Phi) is 5.63. The normalized spacial score (nSPS) is 18.7. The second-order valence-corrected chi connectivity index (χ2v) is 9.47. The van der Waals surface area contributed by atoms with Gasteiger partial charge in [0.2, 0.25) is 0 Å². The van der Waals surface area contributed by atoms with Crippen molar-refractivity contribution < 1.29 is 9.53 Å². The molecule has 0 spiro atoms. The number of hydrogen-bond donors (Lipinski definition) is 2. The Bertz CT molecular complexity index is 799. The average Bonchev–Trinajstić information content (AvgIpc) is 2.52. The lowest BCUT2D eigenvalue weighted by atomic mass is 9.79. The molecule has 0 unspecified atom stereocenters. The van der Waals surface area contributed by atoms with E-state index < -0.39 is 0 Å². The third-order valence-corrected chi connectivity index (χ3v) is 5.17. The van der Waals surface area contributed by atoms with Crippen molar-refractivity contribution in [2.45, 2.75) is 57.7 Å². The summed E-state index contributed by atoms with van der Waals surface area (Å²) in [6.45, 7) is 8.73. The summed E-state index contributed by atoms with van der Waals surface area (Å²) < 4.78 is 6.79. The minimum absolute atomic E-state index is 0.00134. The van der Waals surface area contributed by atoms with Gasteiger partial charge in [0, 0.05) is 27.2 Å². The van der Waals surface area contributed by atoms with E-state index >= 15 is 0 Å². The van der Waals surface area contributed by atoms with Gasteiger partial charge < -0.3 is 15.4 Å². The van der Waals surface area contributed by atoms with Gasteiger partial charge in [-0.2, -0.15) is 0 Å². The van der Waals surface area contributed by atoms with E-state index in [0.29, 0.717) is 11.3 Å². The van der Waals surface area contributed by atoms with Gasteiger partial charge in [-0.3, -0.25) is 4.79 Å². The Morgan fingerprint density at radius 3 is 2.26 bits per heavy atom. The van der Waals surface area contributed by atoms with Gasteiger partial charge in [-0.25, -0.2) is 0 Å². The first-order chi connectivity index (χ1) is 12.6. The first-order valence-electron chi connectivity index (χ1n) is 9.26. The van der Waals surface area contributed by atoms with Gasteiger partial charge in [-0.15, -0.1) is 0 Å². The van der Waals surface area contributed by atoms with E-state index in [9.17, 15) is 4.79 Å². The van der Waals surface area contributed by atoms with Crippen molar-refractivity contribution in [2.75, 3.05) is 0 Å². The number of halogens is 1. The van der Waals surface area contributed by atoms with Gasteiger partial charge in [0.15, 0.2) is 0 Å². The summed E-state index contributed by atoms with van der Waals surface area (Å²) in [5, 5.41) is 6.84. The SMILES string of the molecule is CC1(C)CC(NC(=O)c2ccc(Oc3cccc(Br)c3)cc2)CC(C)(C)N1. The van der Waals surface area contributed by atoms with Crippen LogP contribution in [0.15, 0.2) is 53.0 Å². The number of rotatable bonds is 4. The molecular formula is C22H27BrN2O2. The monoisotopic (exact) mass is 430 g/mol. The molecule has 5 heteroatoms. The van der Waals surface area contributed by atoms with Crippen LogP contribution in [0, 0.1) is 0 Å². The maximum atomic E-state index is 12.7. The lowest BCUT2D eigenvalue weighted by Crippen LogP contribution is -2.62. The lowest BCUT2D eigenvalue weighted by molar-refractivity contribution is 0.0873. The molecule has 2 N–H and O–H groups in total. The zero-order chi connectivity index (χ0) is 19.7. The molecule has 1 aliphatic heterocycles.